The normalized spacial score (nSPS) is 21.2. The van der Waals surface area contributed by atoms with Gasteiger partial charge in [-0.05, 0) is 92.9 Å². The molecule has 1 atom stereocenters. The Kier molecular flexibility index (Phi) is 9.54. The van der Waals surface area contributed by atoms with Gasteiger partial charge in [0.1, 0.15) is 5.75 Å². The highest BCUT2D eigenvalue weighted by atomic mass is 35.5. The third kappa shape index (κ3) is 6.32. The number of rotatable bonds is 8. The lowest BCUT2D eigenvalue weighted by Gasteiger charge is -2.28. The summed E-state index contributed by atoms with van der Waals surface area (Å²) >= 11 is 0. The van der Waals surface area contributed by atoms with Crippen LogP contribution in [-0.2, 0) is 0 Å². The van der Waals surface area contributed by atoms with E-state index in [1.807, 2.05) is 12.1 Å². The van der Waals surface area contributed by atoms with Crippen molar-refractivity contribution < 1.29 is 4.74 Å². The van der Waals surface area contributed by atoms with E-state index in [1.54, 1.807) is 7.11 Å². The summed E-state index contributed by atoms with van der Waals surface area (Å²) in [7, 11) is 1.73. The van der Waals surface area contributed by atoms with E-state index < -0.39 is 0 Å². The van der Waals surface area contributed by atoms with Crippen LogP contribution in [0.5, 0.6) is 5.75 Å². The number of benzene rings is 2. The van der Waals surface area contributed by atoms with Gasteiger partial charge >= 0.3 is 0 Å². The van der Waals surface area contributed by atoms with Crippen LogP contribution in [0.4, 0.5) is 0 Å². The second kappa shape index (κ2) is 12.8. The van der Waals surface area contributed by atoms with Gasteiger partial charge in [-0.3, -0.25) is 0 Å². The van der Waals surface area contributed by atoms with Gasteiger partial charge in [0.15, 0.2) is 0 Å². The average molecular weight is 521 g/mol. The number of nitrogens with zero attached hydrogens (tertiary/aromatic N) is 2. The third-order valence-electron chi connectivity index (χ3n) is 8.47. The number of methoxy groups -OCH3 is 1. The number of ether oxygens (including phenoxy) is 1. The smallest absolute Gasteiger partial charge is 0.119 e. The van der Waals surface area contributed by atoms with Crippen molar-refractivity contribution in [1.29, 1.82) is 5.26 Å². The van der Waals surface area contributed by atoms with Crippen LogP contribution in [-0.4, -0.2) is 30.3 Å². The van der Waals surface area contributed by atoms with E-state index in [-0.39, 0.29) is 18.3 Å². The van der Waals surface area contributed by atoms with Gasteiger partial charge < -0.3 is 20.4 Å². The van der Waals surface area contributed by atoms with Crippen LogP contribution in [0.3, 0.4) is 0 Å². The lowest BCUT2D eigenvalue weighted by atomic mass is 9.87. The van der Waals surface area contributed by atoms with Gasteiger partial charge in [0.2, 0.25) is 0 Å². The first-order chi connectivity index (χ1) is 17.7. The molecule has 37 heavy (non-hydrogen) atoms. The molecular weight excluding hydrogens is 480 g/mol. The van der Waals surface area contributed by atoms with Crippen LogP contribution in [0.25, 0.3) is 10.9 Å². The number of aromatic nitrogens is 1. The molecule has 0 bridgehead atoms. The first-order valence-electron chi connectivity index (χ1n) is 13.8. The minimum atomic E-state index is 0. The van der Waals surface area contributed by atoms with E-state index in [2.05, 4.69) is 52.5 Å². The zero-order valence-corrected chi connectivity index (χ0v) is 22.8. The monoisotopic (exact) mass is 520 g/mol. The highest BCUT2D eigenvalue weighted by molar-refractivity contribution is 5.86. The minimum absolute atomic E-state index is 0. The van der Waals surface area contributed by atoms with Gasteiger partial charge in [-0.1, -0.05) is 31.4 Å². The molecule has 1 unspecified atom stereocenters. The number of nitrogens with two attached hydrogens (primary N) is 1. The van der Waals surface area contributed by atoms with Crippen LogP contribution in [0.15, 0.2) is 48.7 Å². The molecule has 0 radical (unpaired) electrons. The maximum absolute atomic E-state index is 9.68. The molecule has 3 N–H and O–H groups in total. The SMILES string of the molecule is COc1cccc(C(CCNC2CCC(N)CC2)c2cn(C3CCCCC3)c3ccc(C#N)cc23)c1.Cl. The van der Waals surface area contributed by atoms with Crippen LogP contribution in [0.1, 0.15) is 92.9 Å². The van der Waals surface area contributed by atoms with Gasteiger partial charge in [-0.15, -0.1) is 12.4 Å². The Morgan fingerprint density at radius 1 is 1.05 bits per heavy atom. The Morgan fingerprint density at radius 2 is 1.84 bits per heavy atom. The molecule has 3 aromatic rings. The highest BCUT2D eigenvalue weighted by Gasteiger charge is 2.25. The molecular formula is C31H41ClN4O. The second-order valence-electron chi connectivity index (χ2n) is 10.8. The average Bonchev–Trinajstić information content (AvgIpc) is 3.31. The fourth-order valence-corrected chi connectivity index (χ4v) is 6.40. The molecule has 2 aromatic carbocycles. The summed E-state index contributed by atoms with van der Waals surface area (Å²) in [5, 5.41) is 14.7. The van der Waals surface area contributed by atoms with E-state index in [0.717, 1.165) is 50.0 Å². The molecule has 0 saturated heterocycles. The summed E-state index contributed by atoms with van der Waals surface area (Å²) in [6.45, 7) is 0.954. The van der Waals surface area contributed by atoms with Crippen molar-refractivity contribution in [1.82, 2.24) is 9.88 Å². The molecule has 5 nitrogen and oxygen atoms in total. The molecule has 6 heteroatoms. The number of nitrogens with one attached hydrogen (secondary N) is 1. The van der Waals surface area contributed by atoms with Gasteiger partial charge in [0, 0.05) is 41.1 Å². The Balaban J connectivity index is 0.00000320. The molecule has 5 rings (SSSR count). The zero-order chi connectivity index (χ0) is 24.9. The Bertz CT molecular complexity index is 1200. The largest absolute Gasteiger partial charge is 0.497 e. The second-order valence-corrected chi connectivity index (χ2v) is 10.8. The number of hydrogen-bond donors (Lipinski definition) is 2. The van der Waals surface area contributed by atoms with Crippen molar-refractivity contribution in [3.05, 3.63) is 65.4 Å². The maximum atomic E-state index is 9.68. The molecule has 2 fully saturated rings. The van der Waals surface area contributed by atoms with Crippen LogP contribution < -0.4 is 15.8 Å². The summed E-state index contributed by atoms with van der Waals surface area (Å²) in [5.74, 6) is 1.11. The van der Waals surface area contributed by atoms with Crippen molar-refractivity contribution in [2.45, 2.75) is 88.3 Å². The Hall–Kier alpha value is -2.52. The summed E-state index contributed by atoms with van der Waals surface area (Å²) in [6.07, 6.45) is 14.4. The number of fused-ring (bicyclic) bond motifs is 1. The van der Waals surface area contributed by atoms with Crippen molar-refractivity contribution >= 4 is 23.3 Å². The molecule has 0 spiro atoms. The van der Waals surface area contributed by atoms with Crippen molar-refractivity contribution in [2.75, 3.05) is 13.7 Å². The summed E-state index contributed by atoms with van der Waals surface area (Å²) in [6, 6.07) is 18.6. The molecule has 2 aliphatic carbocycles. The first kappa shape index (κ1) is 27.5. The van der Waals surface area contributed by atoms with Crippen LogP contribution in [0.2, 0.25) is 0 Å². The van der Waals surface area contributed by atoms with E-state index in [4.69, 9.17) is 10.5 Å². The maximum Gasteiger partial charge on any atom is 0.119 e. The molecule has 0 aliphatic heterocycles. The Morgan fingerprint density at radius 3 is 2.57 bits per heavy atom. The summed E-state index contributed by atoms with van der Waals surface area (Å²) < 4.78 is 8.12. The highest BCUT2D eigenvalue weighted by Crippen LogP contribution is 2.40. The Labute approximate surface area is 227 Å². The molecule has 198 valence electrons. The number of halogens is 1. The first-order valence-corrected chi connectivity index (χ1v) is 13.8. The fourth-order valence-electron chi connectivity index (χ4n) is 6.40. The summed E-state index contributed by atoms with van der Waals surface area (Å²) in [4.78, 5) is 0. The lowest BCUT2D eigenvalue weighted by Crippen LogP contribution is -2.38. The van der Waals surface area contributed by atoms with Crippen LogP contribution in [0, 0.1) is 11.3 Å². The van der Waals surface area contributed by atoms with E-state index in [9.17, 15) is 5.26 Å². The minimum Gasteiger partial charge on any atom is -0.497 e. The fraction of sp³-hybridized carbons (Fsp3) is 0.516. The summed E-state index contributed by atoms with van der Waals surface area (Å²) in [5.41, 5.74) is 10.7. The molecule has 0 amide bonds. The number of nitriles is 1. The standard InChI is InChI=1S/C31H40N4O.ClH/c1-36-27-9-5-6-23(19-27)28(16-17-34-25-13-11-24(33)12-14-25)30-21-35(26-7-3-2-4-8-26)31-15-10-22(20-32)18-29(30)31;/h5-6,9-10,15,18-19,21,24-26,28,34H,2-4,7-8,11-14,16-17,33H2,1H3;1H. The predicted molar refractivity (Wildman–Crippen MR) is 154 cm³/mol. The van der Waals surface area contributed by atoms with E-state index in [0.29, 0.717) is 18.1 Å². The molecule has 2 aliphatic rings. The van der Waals surface area contributed by atoms with Crippen molar-refractivity contribution in [3.63, 3.8) is 0 Å². The molecule has 1 heterocycles. The predicted octanol–water partition coefficient (Wildman–Crippen LogP) is 6.83. The van der Waals surface area contributed by atoms with Gasteiger partial charge in [-0.25, -0.2) is 0 Å². The van der Waals surface area contributed by atoms with E-state index >= 15 is 0 Å². The van der Waals surface area contributed by atoms with E-state index in [1.165, 1.54) is 54.1 Å². The molecule has 2 saturated carbocycles. The quantitative estimate of drug-likeness (QED) is 0.341. The van der Waals surface area contributed by atoms with Gasteiger partial charge in [0.05, 0.1) is 18.7 Å². The van der Waals surface area contributed by atoms with Gasteiger partial charge in [-0.2, -0.15) is 5.26 Å². The molecule has 1 aromatic heterocycles. The lowest BCUT2D eigenvalue weighted by molar-refractivity contribution is 0.340. The topological polar surface area (TPSA) is 76.0 Å². The van der Waals surface area contributed by atoms with Crippen molar-refractivity contribution in [2.24, 2.45) is 5.73 Å². The van der Waals surface area contributed by atoms with Crippen molar-refractivity contribution in [3.8, 4) is 11.8 Å². The number of hydrogen-bond acceptors (Lipinski definition) is 4. The van der Waals surface area contributed by atoms with Gasteiger partial charge in [0.25, 0.3) is 0 Å². The zero-order valence-electron chi connectivity index (χ0n) is 22.0. The third-order valence-corrected chi connectivity index (χ3v) is 8.47. The van der Waals surface area contributed by atoms with Crippen LogP contribution >= 0.6 is 12.4 Å².